The van der Waals surface area contributed by atoms with Gasteiger partial charge < -0.3 is 30.3 Å². The fourth-order valence-corrected chi connectivity index (χ4v) is 5.45. The zero-order valence-electron chi connectivity index (χ0n) is 22.3. The molecule has 4 rings (SSSR count). The smallest absolute Gasteiger partial charge is 0.155 e. The molecule has 0 fully saturated rings. The summed E-state index contributed by atoms with van der Waals surface area (Å²) in [5.74, 6) is 0. The van der Waals surface area contributed by atoms with Crippen LogP contribution >= 0.6 is 0 Å². The molecule has 0 aliphatic carbocycles. The topological polar surface area (TPSA) is 118 Å². The van der Waals surface area contributed by atoms with Gasteiger partial charge in [-0.05, 0) is 22.3 Å². The monoisotopic (exact) mass is 540 g/mol. The van der Waals surface area contributed by atoms with Crippen LogP contribution in [0.15, 0.2) is 121 Å². The molecular formula is C34H36O6. The van der Waals surface area contributed by atoms with E-state index < -0.39 is 29.0 Å². The van der Waals surface area contributed by atoms with Crippen molar-refractivity contribution in [1.82, 2.24) is 0 Å². The second-order valence-corrected chi connectivity index (χ2v) is 10.5. The van der Waals surface area contributed by atoms with E-state index in [9.17, 15) is 30.3 Å². The number of carbonyl (C=O) groups is 1. The van der Waals surface area contributed by atoms with Gasteiger partial charge >= 0.3 is 0 Å². The van der Waals surface area contributed by atoms with Gasteiger partial charge in [0.1, 0.15) is 17.3 Å². The largest absolute Gasteiger partial charge is 0.390 e. The second kappa shape index (κ2) is 12.7. The average molecular weight is 541 g/mol. The summed E-state index contributed by atoms with van der Waals surface area (Å²) in [6.45, 7) is 0. The van der Waals surface area contributed by atoms with E-state index in [4.69, 9.17) is 0 Å². The van der Waals surface area contributed by atoms with E-state index in [0.717, 1.165) is 0 Å². The zero-order chi connectivity index (χ0) is 28.6. The molecule has 208 valence electrons. The first-order chi connectivity index (χ1) is 19.2. The van der Waals surface area contributed by atoms with Gasteiger partial charge in [0, 0.05) is 25.7 Å². The van der Waals surface area contributed by atoms with E-state index in [0.29, 0.717) is 22.3 Å². The van der Waals surface area contributed by atoms with Crippen LogP contribution < -0.4 is 0 Å². The SMILES string of the molecule is O=CC(O)(Cc1ccccc1)C(O)(Cc1ccccc1)C(O)(Cc1ccccc1)C(O)C(O)Cc1ccccc1. The van der Waals surface area contributed by atoms with Gasteiger partial charge in [-0.25, -0.2) is 0 Å². The number of benzene rings is 4. The predicted molar refractivity (Wildman–Crippen MR) is 154 cm³/mol. The lowest BCUT2D eigenvalue weighted by Crippen LogP contribution is -2.76. The Morgan fingerprint density at radius 1 is 0.550 bits per heavy atom. The Morgan fingerprint density at radius 3 is 1.35 bits per heavy atom. The molecule has 4 aromatic carbocycles. The molecular weight excluding hydrogens is 504 g/mol. The molecule has 6 heteroatoms. The lowest BCUT2D eigenvalue weighted by Gasteiger charge is -2.53. The fourth-order valence-electron chi connectivity index (χ4n) is 5.45. The van der Waals surface area contributed by atoms with Crippen molar-refractivity contribution in [2.45, 2.75) is 54.7 Å². The van der Waals surface area contributed by atoms with Crippen LogP contribution in [-0.4, -0.2) is 60.8 Å². The van der Waals surface area contributed by atoms with E-state index in [1.807, 2.05) is 6.07 Å². The minimum Gasteiger partial charge on any atom is -0.390 e. The van der Waals surface area contributed by atoms with Crippen LogP contribution in [0.25, 0.3) is 0 Å². The van der Waals surface area contributed by atoms with Crippen LogP contribution in [0, 0.1) is 0 Å². The van der Waals surface area contributed by atoms with Crippen molar-refractivity contribution >= 4 is 6.29 Å². The van der Waals surface area contributed by atoms with Gasteiger partial charge in [-0.15, -0.1) is 0 Å². The van der Waals surface area contributed by atoms with Gasteiger partial charge in [0.25, 0.3) is 0 Å². The number of rotatable bonds is 13. The van der Waals surface area contributed by atoms with Gasteiger partial charge in [-0.1, -0.05) is 121 Å². The molecule has 0 saturated carbocycles. The lowest BCUT2D eigenvalue weighted by molar-refractivity contribution is -0.273. The molecule has 5 N–H and O–H groups in total. The molecule has 0 amide bonds. The second-order valence-electron chi connectivity index (χ2n) is 10.5. The third-order valence-electron chi connectivity index (χ3n) is 7.70. The Labute approximate surface area is 234 Å². The summed E-state index contributed by atoms with van der Waals surface area (Å²) in [4.78, 5) is 12.8. The Hall–Kier alpha value is -3.65. The highest BCUT2D eigenvalue weighted by atomic mass is 16.4. The third-order valence-corrected chi connectivity index (χ3v) is 7.70. The van der Waals surface area contributed by atoms with Gasteiger partial charge in [-0.3, -0.25) is 0 Å². The molecule has 0 spiro atoms. The molecule has 0 aliphatic heterocycles. The Bertz CT molecular complexity index is 1330. The van der Waals surface area contributed by atoms with Gasteiger partial charge in [0.15, 0.2) is 11.9 Å². The van der Waals surface area contributed by atoms with E-state index in [1.54, 1.807) is 115 Å². The highest BCUT2D eigenvalue weighted by Gasteiger charge is 2.65. The Kier molecular flexibility index (Phi) is 9.30. The summed E-state index contributed by atoms with van der Waals surface area (Å²) in [6, 6.07) is 35.0. The molecule has 5 atom stereocenters. The molecule has 0 bridgehead atoms. The van der Waals surface area contributed by atoms with Crippen molar-refractivity contribution in [2.75, 3.05) is 0 Å². The number of hydrogen-bond acceptors (Lipinski definition) is 6. The van der Waals surface area contributed by atoms with Crippen molar-refractivity contribution < 1.29 is 30.3 Å². The minimum absolute atomic E-state index is 0.0290. The Morgan fingerprint density at radius 2 is 0.925 bits per heavy atom. The molecule has 0 aliphatic rings. The molecule has 6 nitrogen and oxygen atoms in total. The first-order valence-corrected chi connectivity index (χ1v) is 13.4. The average Bonchev–Trinajstić information content (AvgIpc) is 2.98. The lowest BCUT2D eigenvalue weighted by atomic mass is 9.61. The standard InChI is InChI=1S/C34H36O6/c35-25-32(38,22-27-15-7-2-8-16-27)34(40,24-29-19-11-4-12-20-29)33(39,23-28-17-9-3-10-18-28)31(37)30(36)21-26-13-5-1-6-14-26/h1-20,25,30-31,36-40H,21-24H2. The third kappa shape index (κ3) is 6.22. The van der Waals surface area contributed by atoms with Gasteiger partial charge in [0.2, 0.25) is 0 Å². The Balaban J connectivity index is 1.87. The number of aliphatic hydroxyl groups excluding tert-OH is 2. The minimum atomic E-state index is -2.65. The maximum atomic E-state index is 12.8. The van der Waals surface area contributed by atoms with Crippen LogP contribution in [0.1, 0.15) is 22.3 Å². The van der Waals surface area contributed by atoms with Crippen LogP contribution in [0.2, 0.25) is 0 Å². The summed E-state index contributed by atoms with van der Waals surface area (Å²) in [5.41, 5.74) is -5.47. The molecule has 5 unspecified atom stereocenters. The normalized spacial score (nSPS) is 17.5. The van der Waals surface area contributed by atoms with Crippen molar-refractivity contribution in [3.05, 3.63) is 144 Å². The molecule has 40 heavy (non-hydrogen) atoms. The van der Waals surface area contributed by atoms with Gasteiger partial charge in [-0.2, -0.15) is 0 Å². The molecule has 0 aromatic heterocycles. The number of aldehydes is 1. The highest BCUT2D eigenvalue weighted by Crippen LogP contribution is 2.43. The zero-order valence-corrected chi connectivity index (χ0v) is 22.3. The van der Waals surface area contributed by atoms with Crippen molar-refractivity contribution in [3.63, 3.8) is 0 Å². The summed E-state index contributed by atoms with van der Waals surface area (Å²) in [7, 11) is 0. The van der Waals surface area contributed by atoms with E-state index in [2.05, 4.69) is 0 Å². The van der Waals surface area contributed by atoms with Gasteiger partial charge in [0.05, 0.1) is 6.10 Å². The van der Waals surface area contributed by atoms with E-state index >= 15 is 0 Å². The first-order valence-electron chi connectivity index (χ1n) is 13.4. The molecule has 4 aromatic rings. The summed E-state index contributed by atoms with van der Waals surface area (Å²) in [5, 5.41) is 60.1. The molecule has 0 saturated heterocycles. The van der Waals surface area contributed by atoms with E-state index in [-0.39, 0.29) is 32.0 Å². The first kappa shape index (κ1) is 29.3. The summed E-state index contributed by atoms with van der Waals surface area (Å²) < 4.78 is 0. The molecule has 0 heterocycles. The summed E-state index contributed by atoms with van der Waals surface area (Å²) in [6.07, 6.45) is -4.36. The highest BCUT2D eigenvalue weighted by molar-refractivity contribution is 5.67. The maximum Gasteiger partial charge on any atom is 0.155 e. The quantitative estimate of drug-likeness (QED) is 0.166. The number of carbonyl (C=O) groups excluding carboxylic acids is 1. The van der Waals surface area contributed by atoms with Crippen molar-refractivity contribution in [2.24, 2.45) is 0 Å². The van der Waals surface area contributed by atoms with Crippen molar-refractivity contribution in [1.29, 1.82) is 0 Å². The maximum absolute atomic E-state index is 12.8. The van der Waals surface area contributed by atoms with Crippen molar-refractivity contribution in [3.8, 4) is 0 Å². The van der Waals surface area contributed by atoms with Crippen LogP contribution in [0.3, 0.4) is 0 Å². The van der Waals surface area contributed by atoms with Crippen LogP contribution in [0.5, 0.6) is 0 Å². The molecule has 0 radical (unpaired) electrons. The van der Waals surface area contributed by atoms with Crippen LogP contribution in [-0.2, 0) is 30.5 Å². The summed E-state index contributed by atoms with van der Waals surface area (Å²) >= 11 is 0. The van der Waals surface area contributed by atoms with E-state index in [1.165, 1.54) is 0 Å². The fraction of sp³-hybridized carbons (Fsp3) is 0.265. The predicted octanol–water partition coefficient (Wildman–Crippen LogP) is 3.07. The number of hydrogen-bond donors (Lipinski definition) is 5. The van der Waals surface area contributed by atoms with Crippen LogP contribution in [0.4, 0.5) is 0 Å². The number of aliphatic hydroxyl groups is 5.